The van der Waals surface area contributed by atoms with Crippen LogP contribution in [0.3, 0.4) is 0 Å². The first kappa shape index (κ1) is 17.8. The van der Waals surface area contributed by atoms with Gasteiger partial charge in [-0.05, 0) is 24.3 Å². The molecule has 7 heteroatoms. The predicted octanol–water partition coefficient (Wildman–Crippen LogP) is 3.07. The summed E-state index contributed by atoms with van der Waals surface area (Å²) in [5.74, 6) is 2.07. The Morgan fingerprint density at radius 2 is 1.38 bits per heavy atom. The summed E-state index contributed by atoms with van der Waals surface area (Å²) in [5.41, 5.74) is 0.906. The number of aliphatic hydroxyl groups excluding tert-OH is 2. The van der Waals surface area contributed by atoms with E-state index >= 15 is 0 Å². The van der Waals surface area contributed by atoms with Crippen LogP contribution in [0.15, 0.2) is 36.1 Å². The molecule has 7 nitrogen and oxygen atoms in total. The fraction of sp³-hybridized carbons (Fsp3) is 0.263. The van der Waals surface area contributed by atoms with Gasteiger partial charge in [-0.25, -0.2) is 0 Å². The van der Waals surface area contributed by atoms with Gasteiger partial charge in [-0.15, -0.1) is 0 Å². The van der Waals surface area contributed by atoms with E-state index in [4.69, 9.17) is 23.7 Å². The van der Waals surface area contributed by atoms with Gasteiger partial charge >= 0.3 is 0 Å². The Balaban J connectivity index is 2.08. The summed E-state index contributed by atoms with van der Waals surface area (Å²) in [6, 6.07) is 8.22. The Bertz CT molecular complexity index is 857. The second-order valence-corrected chi connectivity index (χ2v) is 5.53. The van der Waals surface area contributed by atoms with Crippen molar-refractivity contribution in [3.8, 4) is 28.7 Å². The van der Waals surface area contributed by atoms with Gasteiger partial charge in [0.2, 0.25) is 0 Å². The predicted molar refractivity (Wildman–Crippen MR) is 94.2 cm³/mol. The molecule has 0 bridgehead atoms. The lowest BCUT2D eigenvalue weighted by Gasteiger charge is -2.26. The van der Waals surface area contributed by atoms with Crippen molar-refractivity contribution in [2.45, 2.75) is 6.10 Å². The molecule has 1 atom stereocenters. The summed E-state index contributed by atoms with van der Waals surface area (Å²) >= 11 is 0. The Morgan fingerprint density at radius 3 is 2.00 bits per heavy atom. The molecule has 0 radical (unpaired) electrons. The minimum Gasteiger partial charge on any atom is -0.506 e. The molecular formula is C19H20O7. The monoisotopic (exact) mass is 360 g/mol. The zero-order valence-corrected chi connectivity index (χ0v) is 14.9. The molecule has 2 aromatic carbocycles. The first-order valence-electron chi connectivity index (χ1n) is 7.81. The van der Waals surface area contributed by atoms with Gasteiger partial charge in [0.25, 0.3) is 0 Å². The zero-order chi connectivity index (χ0) is 18.8. The molecule has 0 spiro atoms. The van der Waals surface area contributed by atoms with Crippen molar-refractivity contribution in [3.63, 3.8) is 0 Å². The van der Waals surface area contributed by atoms with Gasteiger partial charge in [0, 0.05) is 17.2 Å². The highest BCUT2D eigenvalue weighted by Gasteiger charge is 2.31. The fourth-order valence-corrected chi connectivity index (χ4v) is 2.80. The van der Waals surface area contributed by atoms with Crippen molar-refractivity contribution in [3.05, 3.63) is 47.2 Å². The maximum Gasteiger partial charge on any atom is 0.175 e. The number of rotatable bonds is 5. The third-order valence-corrected chi connectivity index (χ3v) is 4.16. The van der Waals surface area contributed by atoms with E-state index in [1.165, 1.54) is 28.4 Å². The minimum atomic E-state index is -1.26. The van der Waals surface area contributed by atoms with Crippen molar-refractivity contribution in [1.82, 2.24) is 0 Å². The molecule has 138 valence electrons. The van der Waals surface area contributed by atoms with Crippen LogP contribution in [0.4, 0.5) is 0 Å². The highest BCUT2D eigenvalue weighted by Crippen LogP contribution is 2.45. The Hall–Kier alpha value is -3.06. The number of methoxy groups -OCH3 is 4. The minimum absolute atomic E-state index is 0.123. The van der Waals surface area contributed by atoms with Crippen molar-refractivity contribution >= 4 is 5.76 Å². The van der Waals surface area contributed by atoms with E-state index in [1.807, 2.05) is 0 Å². The summed E-state index contributed by atoms with van der Waals surface area (Å²) in [6.45, 7) is 0. The lowest BCUT2D eigenvalue weighted by molar-refractivity contribution is 0.141. The molecule has 0 amide bonds. The lowest BCUT2D eigenvalue weighted by atomic mass is 9.99. The molecule has 0 saturated carbocycles. The summed E-state index contributed by atoms with van der Waals surface area (Å²) < 4.78 is 26.9. The molecule has 1 aliphatic rings. The van der Waals surface area contributed by atoms with Crippen LogP contribution in [0.25, 0.3) is 5.76 Å². The normalized spacial score (nSPS) is 15.8. The second-order valence-electron chi connectivity index (χ2n) is 5.53. The van der Waals surface area contributed by atoms with E-state index in [0.717, 1.165) is 0 Å². The number of hydrogen-bond donors (Lipinski definition) is 2. The third kappa shape index (κ3) is 2.86. The van der Waals surface area contributed by atoms with Gasteiger partial charge in [-0.3, -0.25) is 0 Å². The van der Waals surface area contributed by atoms with Crippen molar-refractivity contribution in [2.24, 2.45) is 0 Å². The van der Waals surface area contributed by atoms with Crippen LogP contribution >= 0.6 is 0 Å². The van der Waals surface area contributed by atoms with Crippen LogP contribution in [0, 0.1) is 0 Å². The molecule has 26 heavy (non-hydrogen) atoms. The van der Waals surface area contributed by atoms with E-state index in [2.05, 4.69) is 0 Å². The van der Waals surface area contributed by atoms with Crippen LogP contribution in [0.5, 0.6) is 28.7 Å². The first-order chi connectivity index (χ1) is 12.5. The summed E-state index contributed by atoms with van der Waals surface area (Å²) in [4.78, 5) is 0. The van der Waals surface area contributed by atoms with Gasteiger partial charge in [0.15, 0.2) is 34.5 Å². The van der Waals surface area contributed by atoms with Gasteiger partial charge in [0.1, 0.15) is 11.9 Å². The first-order valence-corrected chi connectivity index (χ1v) is 7.81. The van der Waals surface area contributed by atoms with Gasteiger partial charge in [0.05, 0.1) is 28.4 Å². The van der Waals surface area contributed by atoms with E-state index in [1.54, 1.807) is 30.3 Å². The van der Waals surface area contributed by atoms with Crippen LogP contribution in [0.2, 0.25) is 0 Å². The lowest BCUT2D eigenvalue weighted by Crippen LogP contribution is -2.15. The Labute approximate surface area is 151 Å². The Kier molecular flexibility index (Phi) is 4.81. The maximum atomic E-state index is 10.5. The van der Waals surface area contributed by atoms with Crippen molar-refractivity contribution in [2.75, 3.05) is 28.4 Å². The van der Waals surface area contributed by atoms with Gasteiger partial charge in [-0.1, -0.05) is 0 Å². The molecule has 2 aromatic rings. The molecule has 0 aromatic heterocycles. The van der Waals surface area contributed by atoms with Crippen LogP contribution in [-0.2, 0) is 0 Å². The summed E-state index contributed by atoms with van der Waals surface area (Å²) in [5, 5.41) is 21.0. The van der Waals surface area contributed by atoms with E-state index in [0.29, 0.717) is 39.9 Å². The molecule has 0 aliphatic carbocycles. The highest BCUT2D eigenvalue weighted by molar-refractivity contribution is 5.71. The second kappa shape index (κ2) is 7.05. The zero-order valence-electron chi connectivity index (χ0n) is 14.9. The molecule has 0 unspecified atom stereocenters. The number of aliphatic hydroxyl groups is 2. The highest BCUT2D eigenvalue weighted by atomic mass is 16.5. The smallest absolute Gasteiger partial charge is 0.175 e. The molecule has 2 N–H and O–H groups in total. The van der Waals surface area contributed by atoms with E-state index in [-0.39, 0.29) is 11.5 Å². The standard InChI is InChI=1S/C19H20O7/c1-22-12-6-5-10(7-14(12)23-2)19-18(21)17(20)11-8-15(24-3)16(25-4)9-13(11)26-19/h5-9,17,20-21H,1-4H3/t17-/m0/s1. The molecule has 1 heterocycles. The maximum absolute atomic E-state index is 10.5. The number of ether oxygens (including phenoxy) is 5. The van der Waals surface area contributed by atoms with Crippen molar-refractivity contribution < 1.29 is 33.9 Å². The average Bonchev–Trinajstić information content (AvgIpc) is 2.69. The SMILES string of the molecule is COc1ccc(C2=C(O)[C@@H](O)c3cc(OC)c(OC)cc3O2)cc1OC. The van der Waals surface area contributed by atoms with E-state index < -0.39 is 6.10 Å². The Morgan fingerprint density at radius 1 is 0.808 bits per heavy atom. The van der Waals surface area contributed by atoms with Crippen LogP contribution < -0.4 is 23.7 Å². The topological polar surface area (TPSA) is 86.6 Å². The van der Waals surface area contributed by atoms with Crippen LogP contribution in [0.1, 0.15) is 17.2 Å². The molecule has 3 rings (SSSR count). The van der Waals surface area contributed by atoms with Gasteiger partial charge in [-0.2, -0.15) is 0 Å². The van der Waals surface area contributed by atoms with Crippen LogP contribution in [-0.4, -0.2) is 38.7 Å². The summed E-state index contributed by atoms with van der Waals surface area (Å²) in [7, 11) is 6.04. The number of benzene rings is 2. The number of hydrogen-bond acceptors (Lipinski definition) is 7. The fourth-order valence-electron chi connectivity index (χ4n) is 2.80. The average molecular weight is 360 g/mol. The summed E-state index contributed by atoms with van der Waals surface area (Å²) in [6.07, 6.45) is -1.26. The molecular weight excluding hydrogens is 340 g/mol. The third-order valence-electron chi connectivity index (χ3n) is 4.16. The van der Waals surface area contributed by atoms with Gasteiger partial charge < -0.3 is 33.9 Å². The van der Waals surface area contributed by atoms with Crippen molar-refractivity contribution in [1.29, 1.82) is 0 Å². The van der Waals surface area contributed by atoms with E-state index in [9.17, 15) is 10.2 Å². The molecule has 0 fully saturated rings. The number of fused-ring (bicyclic) bond motifs is 1. The quantitative estimate of drug-likeness (QED) is 0.847. The largest absolute Gasteiger partial charge is 0.506 e. The molecule has 1 aliphatic heterocycles. The molecule has 0 saturated heterocycles.